The van der Waals surface area contributed by atoms with Gasteiger partial charge in [-0.3, -0.25) is 9.59 Å². The van der Waals surface area contributed by atoms with Crippen LogP contribution in [0.5, 0.6) is 0 Å². The van der Waals surface area contributed by atoms with Gasteiger partial charge in [-0.25, -0.2) is 0 Å². The second-order valence-electron chi connectivity index (χ2n) is 4.31. The molecule has 0 saturated carbocycles. The highest BCUT2D eigenvalue weighted by Crippen LogP contribution is 2.29. The summed E-state index contributed by atoms with van der Waals surface area (Å²) in [6, 6.07) is 3.68. The summed E-state index contributed by atoms with van der Waals surface area (Å²) in [5.74, 6) is -1.22. The first-order valence-electron chi connectivity index (χ1n) is 5.99. The Labute approximate surface area is 114 Å². The molecule has 4 nitrogen and oxygen atoms in total. The Hall–Kier alpha value is -2.05. The number of carbonyl (C=O) groups is 2. The van der Waals surface area contributed by atoms with E-state index in [0.717, 1.165) is 12.1 Å². The summed E-state index contributed by atoms with van der Waals surface area (Å²) in [7, 11) is 0. The van der Waals surface area contributed by atoms with Crippen LogP contribution in [0.25, 0.3) is 0 Å². The quantitative estimate of drug-likeness (QED) is 0.864. The molecule has 1 rings (SSSR count). The van der Waals surface area contributed by atoms with Gasteiger partial charge in [0.15, 0.2) is 0 Å². The van der Waals surface area contributed by atoms with E-state index in [1.165, 1.54) is 12.1 Å². The van der Waals surface area contributed by atoms with Crippen molar-refractivity contribution in [2.45, 2.75) is 32.0 Å². The molecular formula is C13H15F3N2O2. The number of primary amides is 1. The fourth-order valence-electron chi connectivity index (χ4n) is 1.66. The molecule has 0 fully saturated rings. The number of rotatable bonds is 5. The molecule has 0 bridgehead atoms. The highest BCUT2D eigenvalue weighted by Gasteiger charge is 2.30. The van der Waals surface area contributed by atoms with Gasteiger partial charge in [-0.1, -0.05) is 25.1 Å². The second-order valence-corrected chi connectivity index (χ2v) is 4.31. The highest BCUT2D eigenvalue weighted by atomic mass is 19.4. The second kappa shape index (κ2) is 6.40. The Morgan fingerprint density at radius 2 is 2.00 bits per heavy atom. The fraction of sp³-hybridized carbons (Fsp3) is 0.385. The van der Waals surface area contributed by atoms with E-state index >= 15 is 0 Å². The standard InChI is InChI=1S/C13H15F3N2O2/c1-2-10(12(17)20)18-11(19)7-8-4-3-5-9(6-8)13(14,15)16/h3-6,10H,2,7H2,1H3,(H2,17,20)(H,18,19)/t10-/m0/s1. The van der Waals surface area contributed by atoms with Crippen molar-refractivity contribution in [1.82, 2.24) is 5.32 Å². The summed E-state index contributed by atoms with van der Waals surface area (Å²) in [6.45, 7) is 1.67. The monoisotopic (exact) mass is 288 g/mol. The van der Waals surface area contributed by atoms with E-state index in [1.54, 1.807) is 6.92 Å². The van der Waals surface area contributed by atoms with Crippen LogP contribution in [0.2, 0.25) is 0 Å². The Morgan fingerprint density at radius 3 is 2.50 bits per heavy atom. The van der Waals surface area contributed by atoms with Gasteiger partial charge in [-0.15, -0.1) is 0 Å². The Kier molecular flexibility index (Phi) is 5.12. The lowest BCUT2D eigenvalue weighted by Crippen LogP contribution is -2.44. The maximum absolute atomic E-state index is 12.5. The SMILES string of the molecule is CC[C@H](NC(=O)Cc1cccc(C(F)(F)F)c1)C(N)=O. The zero-order valence-corrected chi connectivity index (χ0v) is 10.8. The molecule has 7 heteroatoms. The molecule has 2 amide bonds. The van der Waals surface area contributed by atoms with Gasteiger partial charge in [0.25, 0.3) is 0 Å². The van der Waals surface area contributed by atoms with Gasteiger partial charge in [-0.2, -0.15) is 13.2 Å². The average molecular weight is 288 g/mol. The van der Waals surface area contributed by atoms with Crippen LogP contribution in [-0.2, 0) is 22.2 Å². The molecule has 0 aliphatic carbocycles. The molecule has 20 heavy (non-hydrogen) atoms. The topological polar surface area (TPSA) is 72.2 Å². The summed E-state index contributed by atoms with van der Waals surface area (Å²) in [5, 5.41) is 2.38. The first-order chi connectivity index (χ1) is 9.24. The van der Waals surface area contributed by atoms with Crippen molar-refractivity contribution in [3.63, 3.8) is 0 Å². The molecule has 0 unspecified atom stereocenters. The van der Waals surface area contributed by atoms with Crippen LogP contribution in [0.3, 0.4) is 0 Å². The molecular weight excluding hydrogens is 273 g/mol. The third kappa shape index (κ3) is 4.56. The fourth-order valence-corrected chi connectivity index (χ4v) is 1.66. The van der Waals surface area contributed by atoms with Crippen LogP contribution in [0.4, 0.5) is 13.2 Å². The van der Waals surface area contributed by atoms with Gasteiger partial charge in [0.05, 0.1) is 12.0 Å². The van der Waals surface area contributed by atoms with Crippen molar-refractivity contribution < 1.29 is 22.8 Å². The van der Waals surface area contributed by atoms with E-state index in [0.29, 0.717) is 6.42 Å². The van der Waals surface area contributed by atoms with Crippen LogP contribution in [-0.4, -0.2) is 17.9 Å². The number of hydrogen-bond acceptors (Lipinski definition) is 2. The predicted molar refractivity (Wildman–Crippen MR) is 66.6 cm³/mol. The molecule has 0 radical (unpaired) electrons. The molecule has 110 valence electrons. The van der Waals surface area contributed by atoms with Crippen molar-refractivity contribution in [1.29, 1.82) is 0 Å². The number of benzene rings is 1. The molecule has 0 saturated heterocycles. The molecule has 1 aromatic rings. The molecule has 0 heterocycles. The molecule has 1 atom stereocenters. The van der Waals surface area contributed by atoms with Crippen molar-refractivity contribution in [2.24, 2.45) is 5.73 Å². The van der Waals surface area contributed by atoms with E-state index in [1.807, 2.05) is 0 Å². The Balaban J connectivity index is 2.74. The molecule has 3 N–H and O–H groups in total. The van der Waals surface area contributed by atoms with E-state index in [9.17, 15) is 22.8 Å². The van der Waals surface area contributed by atoms with Gasteiger partial charge in [0, 0.05) is 0 Å². The normalized spacial score (nSPS) is 12.8. The molecule has 1 aromatic carbocycles. The molecule has 0 aliphatic heterocycles. The van der Waals surface area contributed by atoms with Gasteiger partial charge in [-0.05, 0) is 18.1 Å². The number of nitrogens with one attached hydrogen (secondary N) is 1. The number of alkyl halides is 3. The zero-order chi connectivity index (χ0) is 15.3. The summed E-state index contributed by atoms with van der Waals surface area (Å²) in [4.78, 5) is 22.6. The predicted octanol–water partition coefficient (Wildman–Crippen LogP) is 1.63. The summed E-state index contributed by atoms with van der Waals surface area (Å²) < 4.78 is 37.5. The lowest BCUT2D eigenvalue weighted by Gasteiger charge is -2.13. The van der Waals surface area contributed by atoms with Crippen LogP contribution < -0.4 is 11.1 Å². The molecule has 0 spiro atoms. The van der Waals surface area contributed by atoms with Crippen molar-refractivity contribution in [3.8, 4) is 0 Å². The maximum atomic E-state index is 12.5. The summed E-state index contributed by atoms with van der Waals surface area (Å²) in [5.41, 5.74) is 4.47. The van der Waals surface area contributed by atoms with Crippen molar-refractivity contribution >= 4 is 11.8 Å². The van der Waals surface area contributed by atoms with E-state index in [-0.39, 0.29) is 12.0 Å². The third-order valence-electron chi connectivity index (χ3n) is 2.71. The number of nitrogens with two attached hydrogens (primary N) is 1. The Morgan fingerprint density at radius 1 is 1.35 bits per heavy atom. The number of hydrogen-bond donors (Lipinski definition) is 2. The van der Waals surface area contributed by atoms with Gasteiger partial charge < -0.3 is 11.1 Å². The van der Waals surface area contributed by atoms with Crippen LogP contribution in [0.1, 0.15) is 24.5 Å². The van der Waals surface area contributed by atoms with E-state index < -0.39 is 29.6 Å². The smallest absolute Gasteiger partial charge is 0.368 e. The van der Waals surface area contributed by atoms with Crippen LogP contribution >= 0.6 is 0 Å². The number of carbonyl (C=O) groups excluding carboxylic acids is 2. The first kappa shape index (κ1) is 16.0. The lowest BCUT2D eigenvalue weighted by molar-refractivity contribution is -0.137. The van der Waals surface area contributed by atoms with Crippen molar-refractivity contribution in [3.05, 3.63) is 35.4 Å². The number of amides is 2. The minimum absolute atomic E-state index is 0.219. The summed E-state index contributed by atoms with van der Waals surface area (Å²) in [6.07, 6.45) is -4.37. The first-order valence-corrected chi connectivity index (χ1v) is 5.99. The van der Waals surface area contributed by atoms with Crippen LogP contribution in [0, 0.1) is 0 Å². The molecule has 0 aromatic heterocycles. The minimum atomic E-state index is -4.45. The third-order valence-corrected chi connectivity index (χ3v) is 2.71. The minimum Gasteiger partial charge on any atom is -0.368 e. The Bertz CT molecular complexity index is 501. The van der Waals surface area contributed by atoms with E-state index in [2.05, 4.69) is 5.32 Å². The highest BCUT2D eigenvalue weighted by molar-refractivity contribution is 5.87. The van der Waals surface area contributed by atoms with Crippen molar-refractivity contribution in [2.75, 3.05) is 0 Å². The maximum Gasteiger partial charge on any atom is 0.416 e. The zero-order valence-electron chi connectivity index (χ0n) is 10.8. The average Bonchev–Trinajstić information content (AvgIpc) is 2.34. The molecule has 0 aliphatic rings. The lowest BCUT2D eigenvalue weighted by atomic mass is 10.1. The largest absolute Gasteiger partial charge is 0.416 e. The van der Waals surface area contributed by atoms with Gasteiger partial charge in [0.1, 0.15) is 6.04 Å². The summed E-state index contributed by atoms with van der Waals surface area (Å²) >= 11 is 0. The van der Waals surface area contributed by atoms with Gasteiger partial charge in [0.2, 0.25) is 11.8 Å². The van der Waals surface area contributed by atoms with Gasteiger partial charge >= 0.3 is 6.18 Å². The van der Waals surface area contributed by atoms with E-state index in [4.69, 9.17) is 5.73 Å². The number of halogens is 3. The van der Waals surface area contributed by atoms with Crippen LogP contribution in [0.15, 0.2) is 24.3 Å².